The van der Waals surface area contributed by atoms with Gasteiger partial charge in [-0.25, -0.2) is 4.98 Å². The summed E-state index contributed by atoms with van der Waals surface area (Å²) in [6.07, 6.45) is 0.714. The summed E-state index contributed by atoms with van der Waals surface area (Å²) in [5.74, 6) is 1.28. The number of nitrogens with one attached hydrogen (secondary N) is 1. The van der Waals surface area contributed by atoms with E-state index in [-0.39, 0.29) is 11.5 Å². The van der Waals surface area contributed by atoms with Gasteiger partial charge in [0.25, 0.3) is 5.56 Å². The van der Waals surface area contributed by atoms with Crippen LogP contribution in [0.4, 0.5) is 5.95 Å². The summed E-state index contributed by atoms with van der Waals surface area (Å²) in [6, 6.07) is 9.74. The van der Waals surface area contributed by atoms with Crippen LogP contribution in [0, 0.1) is 13.8 Å². The van der Waals surface area contributed by atoms with Crippen molar-refractivity contribution in [1.82, 2.24) is 35.1 Å². The zero-order chi connectivity index (χ0) is 22.9. The van der Waals surface area contributed by atoms with Crippen LogP contribution in [0.2, 0.25) is 0 Å². The average Bonchev–Trinajstić information content (AvgIpc) is 3.43. The molecule has 0 saturated carbocycles. The monoisotopic (exact) mass is 464 g/mol. The molecule has 0 bridgehead atoms. The van der Waals surface area contributed by atoms with Gasteiger partial charge >= 0.3 is 0 Å². The van der Waals surface area contributed by atoms with Gasteiger partial charge in [-0.2, -0.15) is 4.68 Å². The quantitative estimate of drug-likeness (QED) is 0.480. The zero-order valence-electron chi connectivity index (χ0n) is 18.5. The molecule has 1 fully saturated rings. The minimum absolute atomic E-state index is 0.0542. The fourth-order valence-corrected chi connectivity index (χ4v) is 5.12. The molecule has 1 amide bonds. The van der Waals surface area contributed by atoms with Gasteiger partial charge in [-0.15, -0.1) is 11.3 Å². The molecule has 1 N–H and O–H groups in total. The second-order valence-electron chi connectivity index (χ2n) is 8.07. The Balaban J connectivity index is 1.20. The maximum Gasteiger partial charge on any atom is 0.259 e. The summed E-state index contributed by atoms with van der Waals surface area (Å²) in [7, 11) is 0. The first kappa shape index (κ1) is 21.3. The first-order valence-corrected chi connectivity index (χ1v) is 11.7. The smallest absolute Gasteiger partial charge is 0.259 e. The van der Waals surface area contributed by atoms with Crippen LogP contribution in [0.1, 0.15) is 22.7 Å². The highest BCUT2D eigenvalue weighted by Crippen LogP contribution is 2.25. The van der Waals surface area contributed by atoms with Crippen LogP contribution in [0.5, 0.6) is 0 Å². The van der Waals surface area contributed by atoms with Crippen LogP contribution in [0.3, 0.4) is 0 Å². The number of amides is 1. The van der Waals surface area contributed by atoms with E-state index in [1.807, 2.05) is 49.1 Å². The number of thiophene rings is 1. The summed E-state index contributed by atoms with van der Waals surface area (Å²) in [5.41, 5.74) is 1.74. The standard InChI is InChI=1S/C22H24N8O2S/c1-14-15(2)33-21-19(14)20(32)23-17(24-21)8-9-18(31)28-10-12-29(13-11-28)22-25-26-27-30(22)16-6-4-3-5-7-16/h3-7H,8-13H2,1-2H3,(H,23,24,32). The Morgan fingerprint density at radius 1 is 1.12 bits per heavy atom. The lowest BCUT2D eigenvalue weighted by Gasteiger charge is -2.34. The number of piperazine rings is 1. The van der Waals surface area contributed by atoms with Crippen molar-refractivity contribution in [3.05, 3.63) is 57.0 Å². The number of hydrogen-bond acceptors (Lipinski definition) is 8. The van der Waals surface area contributed by atoms with Crippen LogP contribution in [-0.2, 0) is 11.2 Å². The number of benzene rings is 1. The number of H-pyrrole nitrogens is 1. The number of rotatable bonds is 5. The highest BCUT2D eigenvalue weighted by Gasteiger charge is 2.25. The lowest BCUT2D eigenvalue weighted by molar-refractivity contribution is -0.131. The predicted octanol–water partition coefficient (Wildman–Crippen LogP) is 1.86. The molecule has 1 aliphatic rings. The minimum atomic E-state index is -0.131. The van der Waals surface area contributed by atoms with E-state index in [0.717, 1.165) is 21.0 Å². The first-order chi connectivity index (χ1) is 16.0. The molecule has 11 heteroatoms. The van der Waals surface area contributed by atoms with Gasteiger partial charge in [0.1, 0.15) is 10.7 Å². The fraction of sp³-hybridized carbons (Fsp3) is 0.364. The van der Waals surface area contributed by atoms with Gasteiger partial charge in [0, 0.05) is 43.9 Å². The largest absolute Gasteiger partial charge is 0.339 e. The number of carbonyl (C=O) groups is 1. The van der Waals surface area contributed by atoms with E-state index in [4.69, 9.17) is 0 Å². The normalized spacial score (nSPS) is 14.2. The number of hydrogen-bond donors (Lipinski definition) is 1. The van der Waals surface area contributed by atoms with Crippen molar-refractivity contribution in [3.8, 4) is 5.69 Å². The fourth-order valence-electron chi connectivity index (χ4n) is 4.07. The molecule has 4 aromatic rings. The summed E-state index contributed by atoms with van der Waals surface area (Å²) in [4.78, 5) is 38.4. The van der Waals surface area contributed by atoms with Gasteiger partial charge < -0.3 is 14.8 Å². The molecular formula is C22H24N8O2S. The van der Waals surface area contributed by atoms with E-state index in [9.17, 15) is 9.59 Å². The molecule has 4 heterocycles. The van der Waals surface area contributed by atoms with E-state index >= 15 is 0 Å². The third-order valence-electron chi connectivity index (χ3n) is 6.03. The SMILES string of the molecule is Cc1sc2nc(CCC(=O)N3CCN(c4nnnn4-c4ccccc4)CC3)[nH]c(=O)c2c1C. The van der Waals surface area contributed by atoms with E-state index < -0.39 is 0 Å². The molecule has 0 unspecified atom stereocenters. The molecule has 5 rings (SSSR count). The highest BCUT2D eigenvalue weighted by atomic mass is 32.1. The van der Waals surface area contributed by atoms with Crippen LogP contribution in [0.25, 0.3) is 15.9 Å². The Kier molecular flexibility index (Phi) is 5.63. The molecule has 3 aromatic heterocycles. The third kappa shape index (κ3) is 4.11. The van der Waals surface area contributed by atoms with Gasteiger partial charge in [-0.1, -0.05) is 23.3 Å². The Bertz CT molecular complexity index is 1350. The molecule has 1 aromatic carbocycles. The molecule has 10 nitrogen and oxygen atoms in total. The van der Waals surface area contributed by atoms with Crippen molar-refractivity contribution in [1.29, 1.82) is 0 Å². The van der Waals surface area contributed by atoms with Crippen LogP contribution >= 0.6 is 11.3 Å². The van der Waals surface area contributed by atoms with E-state index in [1.54, 1.807) is 4.68 Å². The number of anilines is 1. The Labute approximate surface area is 193 Å². The van der Waals surface area contributed by atoms with Crippen molar-refractivity contribution in [2.45, 2.75) is 26.7 Å². The van der Waals surface area contributed by atoms with Gasteiger partial charge in [0.15, 0.2) is 0 Å². The van der Waals surface area contributed by atoms with Crippen molar-refractivity contribution in [2.75, 3.05) is 31.1 Å². The number of para-hydroxylation sites is 1. The van der Waals surface area contributed by atoms with Crippen molar-refractivity contribution in [3.63, 3.8) is 0 Å². The second-order valence-corrected chi connectivity index (χ2v) is 9.27. The first-order valence-electron chi connectivity index (χ1n) is 10.9. The maximum atomic E-state index is 12.8. The summed E-state index contributed by atoms with van der Waals surface area (Å²) >= 11 is 1.52. The molecule has 0 atom stereocenters. The maximum absolute atomic E-state index is 12.8. The van der Waals surface area contributed by atoms with Crippen LogP contribution in [-0.4, -0.2) is 67.2 Å². The number of aromatic amines is 1. The Hall–Kier alpha value is -3.60. The molecule has 0 spiro atoms. The van der Waals surface area contributed by atoms with Gasteiger partial charge in [-0.3, -0.25) is 9.59 Å². The van der Waals surface area contributed by atoms with Gasteiger partial charge in [0.05, 0.1) is 11.1 Å². The number of aryl methyl sites for hydroxylation is 3. The molecule has 1 aliphatic heterocycles. The van der Waals surface area contributed by atoms with Gasteiger partial charge in [-0.05, 0) is 42.0 Å². The lowest BCUT2D eigenvalue weighted by Crippen LogP contribution is -2.49. The van der Waals surface area contributed by atoms with E-state index in [0.29, 0.717) is 56.2 Å². The molecular weight excluding hydrogens is 440 g/mol. The molecule has 0 radical (unpaired) electrons. The van der Waals surface area contributed by atoms with Crippen molar-refractivity contribution < 1.29 is 4.79 Å². The Morgan fingerprint density at radius 3 is 2.64 bits per heavy atom. The summed E-state index contributed by atoms with van der Waals surface area (Å²) in [5, 5.41) is 12.8. The number of tetrazole rings is 1. The number of aromatic nitrogens is 6. The van der Waals surface area contributed by atoms with Gasteiger partial charge in [0.2, 0.25) is 11.9 Å². The second kappa shape index (κ2) is 8.74. The zero-order valence-corrected chi connectivity index (χ0v) is 19.3. The minimum Gasteiger partial charge on any atom is -0.339 e. The third-order valence-corrected chi connectivity index (χ3v) is 7.13. The van der Waals surface area contributed by atoms with E-state index in [1.165, 1.54) is 11.3 Å². The van der Waals surface area contributed by atoms with Crippen LogP contribution < -0.4 is 10.5 Å². The topological polar surface area (TPSA) is 113 Å². The number of carbonyl (C=O) groups excluding carboxylic acids is 1. The molecule has 0 aliphatic carbocycles. The average molecular weight is 465 g/mol. The molecule has 1 saturated heterocycles. The predicted molar refractivity (Wildman–Crippen MR) is 126 cm³/mol. The Morgan fingerprint density at radius 2 is 1.88 bits per heavy atom. The highest BCUT2D eigenvalue weighted by molar-refractivity contribution is 7.18. The summed E-state index contributed by atoms with van der Waals surface area (Å²) in [6.45, 7) is 6.40. The molecule has 33 heavy (non-hydrogen) atoms. The van der Waals surface area contributed by atoms with E-state index in [2.05, 4.69) is 30.4 Å². The summed E-state index contributed by atoms with van der Waals surface area (Å²) < 4.78 is 1.71. The lowest BCUT2D eigenvalue weighted by atomic mass is 10.2. The number of nitrogens with zero attached hydrogens (tertiary/aromatic N) is 7. The number of fused-ring (bicyclic) bond motifs is 1. The van der Waals surface area contributed by atoms with Crippen molar-refractivity contribution in [2.24, 2.45) is 0 Å². The van der Waals surface area contributed by atoms with Crippen LogP contribution in [0.15, 0.2) is 35.1 Å². The molecule has 170 valence electrons. The van der Waals surface area contributed by atoms with Crippen molar-refractivity contribution >= 4 is 33.4 Å².